The molecule has 26 heavy (non-hydrogen) atoms. The average molecular weight is 369 g/mol. The maximum absolute atomic E-state index is 12.3. The van der Waals surface area contributed by atoms with Gasteiger partial charge in [-0.2, -0.15) is 0 Å². The number of nitrogens with zero attached hydrogens (tertiary/aromatic N) is 2. The lowest BCUT2D eigenvalue weighted by Gasteiger charge is -2.38. The molecule has 0 aromatic carbocycles. The molecular formula is C19H36N4O3. The maximum atomic E-state index is 12.3. The molecule has 2 aliphatic heterocycles. The molecule has 0 radical (unpaired) electrons. The van der Waals surface area contributed by atoms with Crippen LogP contribution in [0.1, 0.15) is 40.0 Å². The second kappa shape index (κ2) is 10.7. The SMILES string of the molecule is CC[C@H]1CN(C(=O)NC(C)C)CC[C@H]1CC(=O)NCCN1CCOCC1. The third-order valence-electron chi connectivity index (χ3n) is 5.42. The van der Waals surface area contributed by atoms with E-state index in [4.69, 9.17) is 4.74 Å². The van der Waals surface area contributed by atoms with E-state index in [0.717, 1.165) is 58.8 Å². The molecule has 0 spiro atoms. The van der Waals surface area contributed by atoms with Gasteiger partial charge in [-0.05, 0) is 32.1 Å². The van der Waals surface area contributed by atoms with Crippen LogP contribution in [-0.4, -0.2) is 80.3 Å². The smallest absolute Gasteiger partial charge is 0.317 e. The number of piperidine rings is 1. The van der Waals surface area contributed by atoms with Gasteiger partial charge in [0.2, 0.25) is 5.91 Å². The van der Waals surface area contributed by atoms with Gasteiger partial charge in [-0.1, -0.05) is 13.3 Å². The van der Waals surface area contributed by atoms with Crippen molar-refractivity contribution in [1.29, 1.82) is 0 Å². The molecule has 0 bridgehead atoms. The third-order valence-corrected chi connectivity index (χ3v) is 5.42. The van der Waals surface area contributed by atoms with Gasteiger partial charge in [0.15, 0.2) is 0 Å². The second-order valence-electron chi connectivity index (χ2n) is 7.78. The Kier molecular flexibility index (Phi) is 8.65. The van der Waals surface area contributed by atoms with Crippen LogP contribution in [0.25, 0.3) is 0 Å². The number of rotatable bonds is 7. The van der Waals surface area contributed by atoms with Crippen molar-refractivity contribution in [2.75, 3.05) is 52.5 Å². The zero-order chi connectivity index (χ0) is 18.9. The monoisotopic (exact) mass is 368 g/mol. The van der Waals surface area contributed by atoms with Gasteiger partial charge in [-0.15, -0.1) is 0 Å². The van der Waals surface area contributed by atoms with Gasteiger partial charge >= 0.3 is 6.03 Å². The molecule has 2 rings (SSSR count). The molecular weight excluding hydrogens is 332 g/mol. The lowest BCUT2D eigenvalue weighted by Crippen LogP contribution is -2.50. The van der Waals surface area contributed by atoms with E-state index in [-0.39, 0.29) is 18.0 Å². The fraction of sp³-hybridized carbons (Fsp3) is 0.895. The first-order chi connectivity index (χ1) is 12.5. The number of carbonyl (C=O) groups excluding carboxylic acids is 2. The highest BCUT2D eigenvalue weighted by Crippen LogP contribution is 2.29. The van der Waals surface area contributed by atoms with Crippen LogP contribution in [-0.2, 0) is 9.53 Å². The number of morpholine rings is 1. The van der Waals surface area contributed by atoms with Crippen molar-refractivity contribution in [2.24, 2.45) is 11.8 Å². The molecule has 2 N–H and O–H groups in total. The minimum atomic E-state index is 0.0202. The van der Waals surface area contributed by atoms with Crippen LogP contribution < -0.4 is 10.6 Å². The van der Waals surface area contributed by atoms with Crippen LogP contribution in [0.5, 0.6) is 0 Å². The minimum absolute atomic E-state index is 0.0202. The Balaban J connectivity index is 1.70. The molecule has 0 aromatic heterocycles. The number of urea groups is 1. The van der Waals surface area contributed by atoms with Crippen LogP contribution in [0.3, 0.4) is 0 Å². The summed E-state index contributed by atoms with van der Waals surface area (Å²) in [6.07, 6.45) is 2.47. The molecule has 2 atom stereocenters. The summed E-state index contributed by atoms with van der Waals surface area (Å²) >= 11 is 0. The molecule has 0 aliphatic carbocycles. The summed E-state index contributed by atoms with van der Waals surface area (Å²) in [5.74, 6) is 0.903. The normalized spacial score (nSPS) is 24.5. The third kappa shape index (κ3) is 6.76. The van der Waals surface area contributed by atoms with Crippen molar-refractivity contribution in [3.05, 3.63) is 0 Å². The summed E-state index contributed by atoms with van der Waals surface area (Å²) in [7, 11) is 0. The maximum Gasteiger partial charge on any atom is 0.317 e. The topological polar surface area (TPSA) is 73.9 Å². The average Bonchev–Trinajstić information content (AvgIpc) is 2.62. The van der Waals surface area contributed by atoms with Gasteiger partial charge in [-0.3, -0.25) is 9.69 Å². The molecule has 0 aromatic rings. The number of nitrogens with one attached hydrogen (secondary N) is 2. The van der Waals surface area contributed by atoms with Gasteiger partial charge in [0, 0.05) is 51.7 Å². The van der Waals surface area contributed by atoms with E-state index in [1.807, 2.05) is 18.7 Å². The Hall–Kier alpha value is -1.34. The first-order valence-electron chi connectivity index (χ1n) is 10.1. The van der Waals surface area contributed by atoms with Gasteiger partial charge in [0.1, 0.15) is 0 Å². The fourth-order valence-corrected chi connectivity index (χ4v) is 3.82. The number of ether oxygens (including phenoxy) is 1. The van der Waals surface area contributed by atoms with E-state index in [9.17, 15) is 9.59 Å². The zero-order valence-corrected chi connectivity index (χ0v) is 16.6. The van der Waals surface area contributed by atoms with Crippen molar-refractivity contribution in [3.63, 3.8) is 0 Å². The van der Waals surface area contributed by atoms with Crippen molar-refractivity contribution >= 4 is 11.9 Å². The van der Waals surface area contributed by atoms with Crippen molar-refractivity contribution in [1.82, 2.24) is 20.4 Å². The first-order valence-corrected chi connectivity index (χ1v) is 10.1. The van der Waals surface area contributed by atoms with E-state index < -0.39 is 0 Å². The van der Waals surface area contributed by atoms with E-state index in [1.54, 1.807) is 0 Å². The molecule has 2 aliphatic rings. The largest absolute Gasteiger partial charge is 0.379 e. The number of hydrogen-bond donors (Lipinski definition) is 2. The molecule has 7 heteroatoms. The Bertz CT molecular complexity index is 452. The summed E-state index contributed by atoms with van der Waals surface area (Å²) in [6, 6.07) is 0.171. The van der Waals surface area contributed by atoms with Gasteiger partial charge in [0.25, 0.3) is 0 Å². The van der Waals surface area contributed by atoms with E-state index in [1.165, 1.54) is 0 Å². The van der Waals surface area contributed by atoms with Crippen LogP contribution in [0.2, 0.25) is 0 Å². The first kappa shape index (κ1) is 21.0. The van der Waals surface area contributed by atoms with E-state index in [0.29, 0.717) is 24.8 Å². The van der Waals surface area contributed by atoms with Crippen LogP contribution in [0.15, 0.2) is 0 Å². The highest BCUT2D eigenvalue weighted by molar-refractivity contribution is 5.76. The molecule has 7 nitrogen and oxygen atoms in total. The summed E-state index contributed by atoms with van der Waals surface area (Å²) in [6.45, 7) is 12.6. The fourth-order valence-electron chi connectivity index (χ4n) is 3.82. The van der Waals surface area contributed by atoms with Gasteiger partial charge < -0.3 is 20.3 Å². The van der Waals surface area contributed by atoms with E-state index >= 15 is 0 Å². The minimum Gasteiger partial charge on any atom is -0.379 e. The Morgan fingerprint density at radius 2 is 1.88 bits per heavy atom. The van der Waals surface area contributed by atoms with Crippen molar-refractivity contribution in [2.45, 2.75) is 46.1 Å². The molecule has 0 unspecified atom stereocenters. The summed E-state index contributed by atoms with van der Waals surface area (Å²) in [4.78, 5) is 28.8. The second-order valence-corrected chi connectivity index (χ2v) is 7.78. The highest BCUT2D eigenvalue weighted by atomic mass is 16.5. The lowest BCUT2D eigenvalue weighted by atomic mass is 9.81. The Morgan fingerprint density at radius 3 is 2.54 bits per heavy atom. The molecule has 3 amide bonds. The summed E-state index contributed by atoms with van der Waals surface area (Å²) < 4.78 is 5.34. The molecule has 2 fully saturated rings. The summed E-state index contributed by atoms with van der Waals surface area (Å²) in [5.41, 5.74) is 0. The standard InChI is InChI=1S/C19H36N4O3/c1-4-16-14-23(19(25)21-15(2)3)7-5-17(16)13-18(24)20-6-8-22-9-11-26-12-10-22/h15-17H,4-14H2,1-3H3,(H,20,24)(H,21,25)/t16-,17-/m0/s1. The number of amides is 3. The quantitative estimate of drug-likeness (QED) is 0.710. The molecule has 2 saturated heterocycles. The van der Waals surface area contributed by atoms with Gasteiger partial charge in [-0.25, -0.2) is 4.79 Å². The predicted molar refractivity (Wildman–Crippen MR) is 102 cm³/mol. The Labute approximate surface area is 157 Å². The highest BCUT2D eigenvalue weighted by Gasteiger charge is 2.31. The van der Waals surface area contributed by atoms with E-state index in [2.05, 4.69) is 22.5 Å². The van der Waals surface area contributed by atoms with Crippen molar-refractivity contribution < 1.29 is 14.3 Å². The van der Waals surface area contributed by atoms with Crippen LogP contribution in [0.4, 0.5) is 4.79 Å². The molecule has 150 valence electrons. The number of carbonyl (C=O) groups is 2. The van der Waals surface area contributed by atoms with Crippen LogP contribution in [0, 0.1) is 11.8 Å². The lowest BCUT2D eigenvalue weighted by molar-refractivity contribution is -0.122. The Morgan fingerprint density at radius 1 is 1.15 bits per heavy atom. The zero-order valence-electron chi connectivity index (χ0n) is 16.6. The molecule has 0 saturated carbocycles. The number of hydrogen-bond acceptors (Lipinski definition) is 4. The summed E-state index contributed by atoms with van der Waals surface area (Å²) in [5, 5.41) is 6.03. The van der Waals surface area contributed by atoms with Crippen LogP contribution >= 0.6 is 0 Å². The predicted octanol–water partition coefficient (Wildman–Crippen LogP) is 1.29. The van der Waals surface area contributed by atoms with Crippen molar-refractivity contribution in [3.8, 4) is 0 Å². The van der Waals surface area contributed by atoms with Gasteiger partial charge in [0.05, 0.1) is 13.2 Å². The molecule has 2 heterocycles. The number of likely N-dealkylation sites (tertiary alicyclic amines) is 1.